The van der Waals surface area contributed by atoms with Crippen molar-refractivity contribution in [2.75, 3.05) is 47.1 Å². The number of amides is 1. The Morgan fingerprint density at radius 2 is 2.05 bits per heavy atom. The molecule has 2 rings (SSSR count). The number of ether oxygens (including phenoxy) is 3. The Bertz CT molecular complexity index is 457. The molecule has 0 aliphatic carbocycles. The highest BCUT2D eigenvalue weighted by atomic mass is 16.5. The molecule has 0 bridgehead atoms. The predicted octanol–water partition coefficient (Wildman–Crippen LogP) is 0.585. The summed E-state index contributed by atoms with van der Waals surface area (Å²) in [6.07, 6.45) is 1.66. The third-order valence-corrected chi connectivity index (χ3v) is 3.62. The van der Waals surface area contributed by atoms with Crippen LogP contribution in [-0.2, 0) is 25.6 Å². The molecule has 1 aromatic heterocycles. The minimum absolute atomic E-state index is 0.0290. The zero-order valence-electron chi connectivity index (χ0n) is 13.1. The van der Waals surface area contributed by atoms with Crippen molar-refractivity contribution in [3.8, 4) is 0 Å². The summed E-state index contributed by atoms with van der Waals surface area (Å²) in [6.45, 7) is 2.85. The van der Waals surface area contributed by atoms with Crippen molar-refractivity contribution >= 4 is 5.91 Å². The molecule has 8 nitrogen and oxygen atoms in total. The Morgan fingerprint density at radius 1 is 1.27 bits per heavy atom. The average Bonchev–Trinajstić information content (AvgIpc) is 3.01. The van der Waals surface area contributed by atoms with Gasteiger partial charge in [0.05, 0.1) is 13.2 Å². The quantitative estimate of drug-likeness (QED) is 0.649. The van der Waals surface area contributed by atoms with Crippen LogP contribution in [0, 0.1) is 0 Å². The van der Waals surface area contributed by atoms with E-state index in [1.807, 2.05) is 4.90 Å². The summed E-state index contributed by atoms with van der Waals surface area (Å²) in [5.41, 5.74) is 0. The second kappa shape index (κ2) is 8.82. The molecular weight excluding hydrogens is 290 g/mol. The highest BCUT2D eigenvalue weighted by molar-refractivity contribution is 5.77. The lowest BCUT2D eigenvalue weighted by Gasteiger charge is -2.30. The fourth-order valence-corrected chi connectivity index (χ4v) is 2.40. The maximum Gasteiger partial charge on any atom is 0.252 e. The van der Waals surface area contributed by atoms with Gasteiger partial charge in [0.1, 0.15) is 13.2 Å². The lowest BCUT2D eigenvalue weighted by molar-refractivity contribution is -0.136. The van der Waals surface area contributed by atoms with Gasteiger partial charge in [-0.1, -0.05) is 5.16 Å². The first kappa shape index (κ1) is 16.9. The SMILES string of the molecule is COCCOCc1nc(C2CCN(C(=O)COC)CC2)no1. The topological polar surface area (TPSA) is 86.9 Å². The summed E-state index contributed by atoms with van der Waals surface area (Å²) in [5.74, 6) is 1.43. The number of piperidine rings is 1. The molecule has 124 valence electrons. The van der Waals surface area contributed by atoms with E-state index in [0.29, 0.717) is 44.6 Å². The van der Waals surface area contributed by atoms with Gasteiger partial charge in [-0.15, -0.1) is 0 Å². The zero-order chi connectivity index (χ0) is 15.8. The number of carbonyl (C=O) groups excluding carboxylic acids is 1. The summed E-state index contributed by atoms with van der Waals surface area (Å²) >= 11 is 0. The summed E-state index contributed by atoms with van der Waals surface area (Å²) in [4.78, 5) is 17.9. The van der Waals surface area contributed by atoms with Crippen LogP contribution in [0.2, 0.25) is 0 Å². The monoisotopic (exact) mass is 313 g/mol. The van der Waals surface area contributed by atoms with Crippen molar-refractivity contribution in [3.63, 3.8) is 0 Å². The largest absolute Gasteiger partial charge is 0.382 e. The van der Waals surface area contributed by atoms with E-state index in [2.05, 4.69) is 10.1 Å². The molecule has 2 heterocycles. The van der Waals surface area contributed by atoms with Crippen LogP contribution in [0.5, 0.6) is 0 Å². The molecule has 0 saturated carbocycles. The maximum absolute atomic E-state index is 11.7. The Labute approximate surface area is 129 Å². The number of aromatic nitrogens is 2. The van der Waals surface area contributed by atoms with Crippen LogP contribution in [0.4, 0.5) is 0 Å². The smallest absolute Gasteiger partial charge is 0.252 e. The molecule has 22 heavy (non-hydrogen) atoms. The number of likely N-dealkylation sites (tertiary alicyclic amines) is 1. The van der Waals surface area contributed by atoms with Crippen LogP contribution < -0.4 is 0 Å². The molecular formula is C14H23N3O5. The van der Waals surface area contributed by atoms with E-state index >= 15 is 0 Å². The van der Waals surface area contributed by atoms with Crippen LogP contribution >= 0.6 is 0 Å². The van der Waals surface area contributed by atoms with Gasteiger partial charge in [-0.2, -0.15) is 4.98 Å². The summed E-state index contributed by atoms with van der Waals surface area (Å²) in [7, 11) is 3.15. The second-order valence-electron chi connectivity index (χ2n) is 5.18. The maximum atomic E-state index is 11.7. The van der Waals surface area contributed by atoms with Gasteiger partial charge < -0.3 is 23.6 Å². The molecule has 0 atom stereocenters. The van der Waals surface area contributed by atoms with Gasteiger partial charge in [0, 0.05) is 33.2 Å². The van der Waals surface area contributed by atoms with Gasteiger partial charge in [-0.3, -0.25) is 4.79 Å². The molecule has 1 aliphatic rings. The van der Waals surface area contributed by atoms with Gasteiger partial charge in [0.15, 0.2) is 5.82 Å². The van der Waals surface area contributed by atoms with Gasteiger partial charge in [-0.05, 0) is 12.8 Å². The number of nitrogens with zero attached hydrogens (tertiary/aromatic N) is 3. The van der Waals surface area contributed by atoms with E-state index in [4.69, 9.17) is 18.7 Å². The molecule has 0 N–H and O–H groups in total. The molecule has 1 saturated heterocycles. The van der Waals surface area contributed by atoms with Gasteiger partial charge in [0.2, 0.25) is 5.91 Å². The first-order chi connectivity index (χ1) is 10.7. The van der Waals surface area contributed by atoms with Crippen LogP contribution in [0.25, 0.3) is 0 Å². The minimum atomic E-state index is 0.0290. The lowest BCUT2D eigenvalue weighted by Crippen LogP contribution is -2.39. The van der Waals surface area contributed by atoms with Crippen molar-refractivity contribution in [2.24, 2.45) is 0 Å². The number of hydrogen-bond acceptors (Lipinski definition) is 7. The molecule has 0 radical (unpaired) electrons. The van der Waals surface area contributed by atoms with Gasteiger partial charge in [0.25, 0.3) is 5.89 Å². The highest BCUT2D eigenvalue weighted by Gasteiger charge is 2.26. The van der Waals surface area contributed by atoms with Crippen molar-refractivity contribution in [1.82, 2.24) is 15.0 Å². The van der Waals surface area contributed by atoms with Gasteiger partial charge in [-0.25, -0.2) is 0 Å². The van der Waals surface area contributed by atoms with E-state index in [0.717, 1.165) is 12.8 Å². The Kier molecular flexibility index (Phi) is 6.75. The molecule has 1 fully saturated rings. The van der Waals surface area contributed by atoms with E-state index < -0.39 is 0 Å². The first-order valence-corrected chi connectivity index (χ1v) is 7.40. The summed E-state index contributed by atoms with van der Waals surface area (Å²) < 4.78 is 20.3. The van der Waals surface area contributed by atoms with Crippen molar-refractivity contribution in [3.05, 3.63) is 11.7 Å². The van der Waals surface area contributed by atoms with Crippen LogP contribution in [0.1, 0.15) is 30.5 Å². The Balaban J connectivity index is 1.77. The fraction of sp³-hybridized carbons (Fsp3) is 0.786. The summed E-state index contributed by atoms with van der Waals surface area (Å²) in [5, 5.41) is 4.02. The normalized spacial score (nSPS) is 16.2. The van der Waals surface area contributed by atoms with E-state index in [1.165, 1.54) is 7.11 Å². The third-order valence-electron chi connectivity index (χ3n) is 3.62. The van der Waals surface area contributed by atoms with Crippen molar-refractivity contribution in [2.45, 2.75) is 25.4 Å². The number of methoxy groups -OCH3 is 2. The molecule has 1 aromatic rings. The lowest BCUT2D eigenvalue weighted by atomic mass is 9.96. The minimum Gasteiger partial charge on any atom is -0.382 e. The van der Waals surface area contributed by atoms with Gasteiger partial charge >= 0.3 is 0 Å². The number of carbonyl (C=O) groups is 1. The molecule has 0 unspecified atom stereocenters. The third kappa shape index (κ3) is 4.75. The van der Waals surface area contributed by atoms with E-state index in [-0.39, 0.29) is 18.4 Å². The standard InChI is InChI=1S/C14H23N3O5/c1-19-7-8-21-9-12-15-14(16-22-12)11-3-5-17(6-4-11)13(18)10-20-2/h11H,3-10H2,1-2H3. The van der Waals surface area contributed by atoms with Crippen LogP contribution in [0.15, 0.2) is 4.52 Å². The first-order valence-electron chi connectivity index (χ1n) is 7.40. The second-order valence-corrected chi connectivity index (χ2v) is 5.18. The number of rotatable bonds is 8. The van der Waals surface area contributed by atoms with E-state index in [1.54, 1.807) is 7.11 Å². The van der Waals surface area contributed by atoms with Crippen LogP contribution in [-0.4, -0.2) is 68.1 Å². The Hall–Kier alpha value is -1.51. The van der Waals surface area contributed by atoms with E-state index in [9.17, 15) is 4.79 Å². The molecule has 1 amide bonds. The highest BCUT2D eigenvalue weighted by Crippen LogP contribution is 2.26. The zero-order valence-corrected chi connectivity index (χ0v) is 13.1. The molecule has 1 aliphatic heterocycles. The molecule has 0 spiro atoms. The fourth-order valence-electron chi connectivity index (χ4n) is 2.40. The molecule has 0 aromatic carbocycles. The Morgan fingerprint density at radius 3 is 2.73 bits per heavy atom. The van der Waals surface area contributed by atoms with Crippen LogP contribution in [0.3, 0.4) is 0 Å². The summed E-state index contributed by atoms with van der Waals surface area (Å²) in [6, 6.07) is 0. The predicted molar refractivity (Wildman–Crippen MR) is 76.3 cm³/mol. The van der Waals surface area contributed by atoms with Crippen molar-refractivity contribution in [1.29, 1.82) is 0 Å². The van der Waals surface area contributed by atoms with Crippen molar-refractivity contribution < 1.29 is 23.5 Å². The number of hydrogen-bond donors (Lipinski definition) is 0. The average molecular weight is 313 g/mol. The molecule has 8 heteroatoms.